The van der Waals surface area contributed by atoms with Crippen LogP contribution in [-0.4, -0.2) is 40.1 Å². The van der Waals surface area contributed by atoms with Crippen molar-refractivity contribution in [3.8, 4) is 0 Å². The number of hydrogen-bond donors (Lipinski definition) is 2. The van der Waals surface area contributed by atoms with E-state index in [0.29, 0.717) is 18.1 Å². The quantitative estimate of drug-likeness (QED) is 0.862. The van der Waals surface area contributed by atoms with E-state index in [1.165, 1.54) is 16.2 Å². The van der Waals surface area contributed by atoms with Crippen LogP contribution in [0.5, 0.6) is 0 Å². The fourth-order valence-electron chi connectivity index (χ4n) is 2.56. The summed E-state index contributed by atoms with van der Waals surface area (Å²) in [4.78, 5) is 30.1. The van der Waals surface area contributed by atoms with Crippen LogP contribution in [-0.2, 0) is 17.6 Å². The van der Waals surface area contributed by atoms with Crippen molar-refractivity contribution < 1.29 is 14.7 Å². The lowest BCUT2D eigenvalue weighted by atomic mass is 10.1. The van der Waals surface area contributed by atoms with Crippen LogP contribution in [0.15, 0.2) is 0 Å². The lowest BCUT2D eigenvalue weighted by Crippen LogP contribution is -2.33. The van der Waals surface area contributed by atoms with Crippen molar-refractivity contribution in [2.24, 2.45) is 5.92 Å². The zero-order chi connectivity index (χ0) is 13.4. The smallest absolute Gasteiger partial charge is 0.323 e. The SMILES string of the molecule is O=C(O)C1CCN(C(=O)Nc2nc3c(s2)CCC3)C1. The van der Waals surface area contributed by atoms with Gasteiger partial charge in [-0.25, -0.2) is 9.78 Å². The van der Waals surface area contributed by atoms with Gasteiger partial charge in [0.2, 0.25) is 0 Å². The summed E-state index contributed by atoms with van der Waals surface area (Å²) >= 11 is 1.53. The van der Waals surface area contributed by atoms with E-state index in [1.54, 1.807) is 4.90 Å². The van der Waals surface area contributed by atoms with Crippen LogP contribution >= 0.6 is 11.3 Å². The number of fused-ring (bicyclic) bond motifs is 1. The molecule has 1 unspecified atom stereocenters. The predicted octanol–water partition coefficient (Wildman–Crippen LogP) is 1.57. The van der Waals surface area contributed by atoms with E-state index in [4.69, 9.17) is 5.11 Å². The van der Waals surface area contributed by atoms with Crippen molar-refractivity contribution >= 4 is 28.5 Å². The highest BCUT2D eigenvalue weighted by Crippen LogP contribution is 2.30. The van der Waals surface area contributed by atoms with Gasteiger partial charge in [-0.3, -0.25) is 10.1 Å². The maximum absolute atomic E-state index is 12.0. The summed E-state index contributed by atoms with van der Waals surface area (Å²) in [5.41, 5.74) is 1.10. The molecule has 1 aliphatic carbocycles. The third kappa shape index (κ3) is 2.42. The van der Waals surface area contributed by atoms with Gasteiger partial charge in [0.05, 0.1) is 11.6 Å². The first kappa shape index (κ1) is 12.4. The summed E-state index contributed by atoms with van der Waals surface area (Å²) in [6, 6.07) is -0.240. The summed E-state index contributed by atoms with van der Waals surface area (Å²) < 4.78 is 0. The first-order valence-corrected chi connectivity index (χ1v) is 7.22. The number of amides is 2. The molecule has 0 radical (unpaired) electrons. The minimum absolute atomic E-state index is 0.240. The number of anilines is 1. The molecule has 102 valence electrons. The molecule has 1 atom stereocenters. The predicted molar refractivity (Wildman–Crippen MR) is 70.5 cm³/mol. The summed E-state index contributed by atoms with van der Waals surface area (Å²) in [7, 11) is 0. The van der Waals surface area contributed by atoms with Gasteiger partial charge in [0, 0.05) is 18.0 Å². The van der Waals surface area contributed by atoms with Gasteiger partial charge < -0.3 is 10.0 Å². The maximum Gasteiger partial charge on any atom is 0.323 e. The number of urea groups is 1. The van der Waals surface area contributed by atoms with E-state index >= 15 is 0 Å². The third-order valence-corrected chi connectivity index (χ3v) is 4.71. The average molecular weight is 281 g/mol. The second-order valence-corrected chi connectivity index (χ2v) is 6.03. The number of hydrogen-bond acceptors (Lipinski definition) is 4. The molecule has 6 nitrogen and oxygen atoms in total. The first-order valence-electron chi connectivity index (χ1n) is 6.41. The van der Waals surface area contributed by atoms with E-state index in [-0.39, 0.29) is 12.6 Å². The Bertz CT molecular complexity index is 507. The summed E-state index contributed by atoms with van der Waals surface area (Å²) in [5.74, 6) is -1.27. The topological polar surface area (TPSA) is 82.5 Å². The van der Waals surface area contributed by atoms with Crippen molar-refractivity contribution in [1.29, 1.82) is 0 Å². The lowest BCUT2D eigenvalue weighted by molar-refractivity contribution is -0.141. The number of carboxylic acid groups (broad SMARTS) is 1. The number of carboxylic acids is 1. The Morgan fingerprint density at radius 2 is 2.26 bits per heavy atom. The number of aromatic nitrogens is 1. The Labute approximate surface area is 114 Å². The van der Waals surface area contributed by atoms with Gasteiger partial charge in [0.25, 0.3) is 0 Å². The molecule has 19 heavy (non-hydrogen) atoms. The zero-order valence-electron chi connectivity index (χ0n) is 10.4. The highest BCUT2D eigenvalue weighted by atomic mass is 32.1. The van der Waals surface area contributed by atoms with Crippen LogP contribution in [0, 0.1) is 5.92 Å². The minimum Gasteiger partial charge on any atom is -0.481 e. The molecular weight excluding hydrogens is 266 g/mol. The largest absolute Gasteiger partial charge is 0.481 e. The highest BCUT2D eigenvalue weighted by Gasteiger charge is 2.31. The molecule has 1 fully saturated rings. The molecule has 2 amide bonds. The molecular formula is C12H15N3O3S. The van der Waals surface area contributed by atoms with Gasteiger partial charge in [0.1, 0.15) is 0 Å². The number of aryl methyl sites for hydroxylation is 2. The fourth-order valence-corrected chi connectivity index (χ4v) is 3.60. The molecule has 1 saturated heterocycles. The molecule has 2 N–H and O–H groups in total. The highest BCUT2D eigenvalue weighted by molar-refractivity contribution is 7.15. The monoisotopic (exact) mass is 281 g/mol. The minimum atomic E-state index is -0.830. The normalized spacial score (nSPS) is 21.5. The van der Waals surface area contributed by atoms with Crippen molar-refractivity contribution in [3.63, 3.8) is 0 Å². The van der Waals surface area contributed by atoms with Crippen LogP contribution < -0.4 is 5.32 Å². The fraction of sp³-hybridized carbons (Fsp3) is 0.583. The van der Waals surface area contributed by atoms with Gasteiger partial charge in [-0.05, 0) is 25.7 Å². The second kappa shape index (κ2) is 4.80. The van der Waals surface area contributed by atoms with Gasteiger partial charge in [-0.2, -0.15) is 0 Å². The van der Waals surface area contributed by atoms with Gasteiger partial charge in [-0.1, -0.05) is 0 Å². The Morgan fingerprint density at radius 3 is 2.95 bits per heavy atom. The van der Waals surface area contributed by atoms with Crippen molar-refractivity contribution in [3.05, 3.63) is 10.6 Å². The summed E-state index contributed by atoms with van der Waals surface area (Å²) in [6.07, 6.45) is 3.71. The Morgan fingerprint density at radius 1 is 1.42 bits per heavy atom. The molecule has 1 aromatic rings. The molecule has 1 aliphatic heterocycles. The molecule has 1 aromatic heterocycles. The average Bonchev–Trinajstić information content (AvgIpc) is 3.02. The van der Waals surface area contributed by atoms with Gasteiger partial charge in [0.15, 0.2) is 5.13 Å². The van der Waals surface area contributed by atoms with Crippen molar-refractivity contribution in [2.75, 3.05) is 18.4 Å². The summed E-state index contributed by atoms with van der Waals surface area (Å²) in [6.45, 7) is 0.778. The molecule has 2 aliphatic rings. The van der Waals surface area contributed by atoms with Crippen LogP contribution in [0.3, 0.4) is 0 Å². The van der Waals surface area contributed by atoms with E-state index in [2.05, 4.69) is 10.3 Å². The molecule has 7 heteroatoms. The number of likely N-dealkylation sites (tertiary alicyclic amines) is 1. The molecule has 0 saturated carbocycles. The van der Waals surface area contributed by atoms with E-state index < -0.39 is 11.9 Å². The van der Waals surface area contributed by atoms with Gasteiger partial charge >= 0.3 is 12.0 Å². The van der Waals surface area contributed by atoms with Crippen molar-refractivity contribution in [2.45, 2.75) is 25.7 Å². The third-order valence-electron chi connectivity index (χ3n) is 3.63. The standard InChI is InChI=1S/C12H15N3O3S/c16-10(17)7-4-5-15(6-7)12(18)14-11-13-8-2-1-3-9(8)19-11/h7H,1-6H2,(H,16,17)(H,13,14,18). The number of aliphatic carboxylic acids is 1. The van der Waals surface area contributed by atoms with E-state index in [0.717, 1.165) is 25.0 Å². The first-order chi connectivity index (χ1) is 9.13. The number of carbonyl (C=O) groups is 2. The molecule has 0 bridgehead atoms. The number of nitrogens with one attached hydrogen (secondary N) is 1. The lowest BCUT2D eigenvalue weighted by Gasteiger charge is -2.15. The molecule has 3 rings (SSSR count). The number of nitrogens with zero attached hydrogens (tertiary/aromatic N) is 2. The number of carbonyl (C=O) groups excluding carboxylic acids is 1. The van der Waals surface area contributed by atoms with Gasteiger partial charge in [-0.15, -0.1) is 11.3 Å². The van der Waals surface area contributed by atoms with E-state index in [9.17, 15) is 9.59 Å². The van der Waals surface area contributed by atoms with E-state index in [1.807, 2.05) is 0 Å². The summed E-state index contributed by atoms with van der Waals surface area (Å²) in [5, 5.41) is 12.3. The molecule has 0 spiro atoms. The maximum atomic E-state index is 12.0. The van der Waals surface area contributed by atoms with Crippen LogP contribution in [0.1, 0.15) is 23.4 Å². The van der Waals surface area contributed by atoms with Crippen LogP contribution in [0.25, 0.3) is 0 Å². The zero-order valence-corrected chi connectivity index (χ0v) is 11.2. The van der Waals surface area contributed by atoms with Crippen LogP contribution in [0.4, 0.5) is 9.93 Å². The molecule has 2 heterocycles. The number of thiazole rings is 1. The Hall–Kier alpha value is -1.63. The van der Waals surface area contributed by atoms with Crippen LogP contribution in [0.2, 0.25) is 0 Å². The molecule has 0 aromatic carbocycles. The van der Waals surface area contributed by atoms with Crippen molar-refractivity contribution in [1.82, 2.24) is 9.88 Å². The Kier molecular flexibility index (Phi) is 3.14. The second-order valence-electron chi connectivity index (χ2n) is 4.94. The Balaban J connectivity index is 1.60. The number of rotatable bonds is 2.